The molecule has 10 heteroatoms. The Kier molecular flexibility index (Phi) is 10.4. The van der Waals surface area contributed by atoms with Gasteiger partial charge in [0.05, 0.1) is 17.1 Å². The van der Waals surface area contributed by atoms with E-state index in [4.69, 9.17) is 4.99 Å². The van der Waals surface area contributed by atoms with Gasteiger partial charge in [0.2, 0.25) is 10.0 Å². The van der Waals surface area contributed by atoms with E-state index in [2.05, 4.69) is 24.3 Å². The van der Waals surface area contributed by atoms with Crippen molar-refractivity contribution in [2.75, 3.05) is 27.7 Å². The molecular weight excluding hydrogens is 527 g/mol. The van der Waals surface area contributed by atoms with Crippen molar-refractivity contribution in [1.29, 1.82) is 0 Å². The lowest BCUT2D eigenvalue weighted by atomic mass is 10.1. The van der Waals surface area contributed by atoms with Gasteiger partial charge in [-0.3, -0.25) is 4.68 Å². The molecule has 0 saturated heterocycles. The lowest BCUT2D eigenvalue weighted by Gasteiger charge is -2.22. The number of halogens is 1. The molecular formula is C21H35IN6O2S. The second-order valence-electron chi connectivity index (χ2n) is 7.79. The Morgan fingerprint density at radius 3 is 2.42 bits per heavy atom. The van der Waals surface area contributed by atoms with Crippen molar-refractivity contribution in [2.24, 2.45) is 12.0 Å². The van der Waals surface area contributed by atoms with Crippen LogP contribution in [0.2, 0.25) is 0 Å². The molecule has 0 saturated carbocycles. The highest BCUT2D eigenvalue weighted by Crippen LogP contribution is 2.20. The number of aryl methyl sites for hydroxylation is 1. The maximum absolute atomic E-state index is 12.6. The Hall–Kier alpha value is -1.66. The van der Waals surface area contributed by atoms with Crippen LogP contribution in [-0.2, 0) is 30.2 Å². The number of nitrogens with one attached hydrogen (secondary N) is 1. The average Bonchev–Trinajstić information content (AvgIpc) is 3.05. The van der Waals surface area contributed by atoms with Crippen molar-refractivity contribution in [2.45, 2.75) is 44.7 Å². The van der Waals surface area contributed by atoms with Gasteiger partial charge in [-0.2, -0.15) is 5.10 Å². The number of hydrogen-bond acceptors (Lipinski definition) is 4. The molecule has 1 N–H and O–H groups in total. The van der Waals surface area contributed by atoms with Crippen molar-refractivity contribution >= 4 is 40.0 Å². The maximum atomic E-state index is 12.6. The SMILES string of the molecule is CCNC(=NCc1ccccc1S(=O)(=O)N(C)C)N(C)Cc1cn(C)nc1C(C)C.I. The second kappa shape index (κ2) is 11.8. The molecule has 0 aliphatic carbocycles. The molecule has 8 nitrogen and oxygen atoms in total. The van der Waals surface area contributed by atoms with E-state index < -0.39 is 10.0 Å². The Bertz CT molecular complexity index is 986. The topological polar surface area (TPSA) is 82.8 Å². The third kappa shape index (κ3) is 6.91. The first-order valence-corrected chi connectivity index (χ1v) is 11.5. The smallest absolute Gasteiger partial charge is 0.242 e. The van der Waals surface area contributed by atoms with E-state index in [1.165, 1.54) is 18.4 Å². The maximum Gasteiger partial charge on any atom is 0.242 e. The third-order valence-corrected chi connectivity index (χ3v) is 6.63. The quantitative estimate of drug-likeness (QED) is 0.304. The highest BCUT2D eigenvalue weighted by molar-refractivity contribution is 14.0. The molecule has 0 fully saturated rings. The lowest BCUT2D eigenvalue weighted by molar-refractivity contribution is 0.473. The summed E-state index contributed by atoms with van der Waals surface area (Å²) >= 11 is 0. The van der Waals surface area contributed by atoms with Gasteiger partial charge in [0.15, 0.2) is 5.96 Å². The van der Waals surface area contributed by atoms with Gasteiger partial charge in [-0.1, -0.05) is 32.0 Å². The normalized spacial score (nSPS) is 12.2. The Morgan fingerprint density at radius 1 is 1.19 bits per heavy atom. The van der Waals surface area contributed by atoms with Crippen LogP contribution in [0, 0.1) is 0 Å². The summed E-state index contributed by atoms with van der Waals surface area (Å²) in [4.78, 5) is 7.04. The molecule has 0 amide bonds. The molecule has 0 spiro atoms. The van der Waals surface area contributed by atoms with Crippen LogP contribution < -0.4 is 5.32 Å². The summed E-state index contributed by atoms with van der Waals surface area (Å²) in [6.07, 6.45) is 2.04. The predicted octanol–water partition coefficient (Wildman–Crippen LogP) is 3.01. The van der Waals surface area contributed by atoms with Crippen LogP contribution in [0.5, 0.6) is 0 Å². The van der Waals surface area contributed by atoms with Crippen molar-refractivity contribution in [1.82, 2.24) is 24.3 Å². The molecule has 0 aliphatic rings. The summed E-state index contributed by atoms with van der Waals surface area (Å²) < 4.78 is 28.4. The van der Waals surface area contributed by atoms with Crippen LogP contribution in [0.1, 0.15) is 43.5 Å². The van der Waals surface area contributed by atoms with E-state index in [0.29, 0.717) is 30.5 Å². The molecule has 2 rings (SSSR count). The largest absolute Gasteiger partial charge is 0.357 e. The number of nitrogens with zero attached hydrogens (tertiary/aromatic N) is 5. The number of sulfonamides is 1. The predicted molar refractivity (Wildman–Crippen MR) is 136 cm³/mol. The fraction of sp³-hybridized carbons (Fsp3) is 0.524. The minimum atomic E-state index is -3.53. The van der Waals surface area contributed by atoms with E-state index in [1.807, 2.05) is 42.9 Å². The van der Waals surface area contributed by atoms with Crippen LogP contribution in [0.3, 0.4) is 0 Å². The zero-order valence-electron chi connectivity index (χ0n) is 19.5. The van der Waals surface area contributed by atoms with Gasteiger partial charge < -0.3 is 10.2 Å². The number of guanidine groups is 1. The summed E-state index contributed by atoms with van der Waals surface area (Å²) in [5, 5.41) is 7.87. The highest BCUT2D eigenvalue weighted by atomic mass is 127. The average molecular weight is 563 g/mol. The molecule has 2 aromatic rings. The number of aliphatic imine (C=N–C) groups is 1. The molecule has 0 bridgehead atoms. The summed E-state index contributed by atoms with van der Waals surface area (Å²) in [5.41, 5.74) is 2.89. The first-order valence-electron chi connectivity index (χ1n) is 10.1. The van der Waals surface area contributed by atoms with E-state index in [-0.39, 0.29) is 35.4 Å². The fourth-order valence-corrected chi connectivity index (χ4v) is 4.31. The van der Waals surface area contributed by atoms with Crippen LogP contribution in [0.15, 0.2) is 40.4 Å². The number of aromatic nitrogens is 2. The Balaban J connectivity index is 0.00000480. The van der Waals surface area contributed by atoms with Crippen molar-refractivity contribution in [3.63, 3.8) is 0 Å². The van der Waals surface area contributed by atoms with Crippen molar-refractivity contribution in [3.8, 4) is 0 Å². The van der Waals surface area contributed by atoms with Gasteiger partial charge >= 0.3 is 0 Å². The number of benzene rings is 1. The number of hydrogen-bond donors (Lipinski definition) is 1. The molecule has 1 heterocycles. The minimum Gasteiger partial charge on any atom is -0.357 e. The highest BCUT2D eigenvalue weighted by Gasteiger charge is 2.21. The van der Waals surface area contributed by atoms with Crippen molar-refractivity contribution in [3.05, 3.63) is 47.3 Å². The molecule has 1 aromatic carbocycles. The standard InChI is InChI=1S/C21H34N6O2S.HI/c1-8-22-21(26(6)14-18-15-27(7)24-20(18)16(2)3)23-13-17-11-9-10-12-19(17)30(28,29)25(4)5;/h9-12,15-16H,8,13-14H2,1-7H3,(H,22,23);1H. The van der Waals surface area contributed by atoms with E-state index >= 15 is 0 Å². The van der Waals surface area contributed by atoms with Crippen LogP contribution in [-0.4, -0.2) is 61.1 Å². The Labute approximate surface area is 203 Å². The first-order chi connectivity index (χ1) is 14.1. The number of rotatable bonds is 8. The van der Waals surface area contributed by atoms with E-state index in [1.54, 1.807) is 18.2 Å². The Morgan fingerprint density at radius 2 is 1.84 bits per heavy atom. The summed E-state index contributed by atoms with van der Waals surface area (Å²) in [5.74, 6) is 1.05. The molecule has 31 heavy (non-hydrogen) atoms. The molecule has 0 aliphatic heterocycles. The van der Waals surface area contributed by atoms with Crippen molar-refractivity contribution < 1.29 is 8.42 Å². The van der Waals surface area contributed by atoms with Gasteiger partial charge in [-0.05, 0) is 24.5 Å². The lowest BCUT2D eigenvalue weighted by Crippen LogP contribution is -2.38. The van der Waals surface area contributed by atoms with Gasteiger partial charge in [-0.25, -0.2) is 17.7 Å². The summed E-state index contributed by atoms with van der Waals surface area (Å²) in [6.45, 7) is 7.91. The minimum absolute atomic E-state index is 0. The molecule has 1 aromatic heterocycles. The molecule has 174 valence electrons. The molecule has 0 unspecified atom stereocenters. The van der Waals surface area contributed by atoms with Gasteiger partial charge in [-0.15, -0.1) is 24.0 Å². The van der Waals surface area contributed by atoms with Crippen LogP contribution in [0.4, 0.5) is 0 Å². The van der Waals surface area contributed by atoms with Gasteiger partial charge in [0, 0.05) is 53.0 Å². The first kappa shape index (κ1) is 27.4. The summed E-state index contributed by atoms with van der Waals surface area (Å²) in [6, 6.07) is 7.00. The zero-order chi connectivity index (χ0) is 22.5. The van der Waals surface area contributed by atoms with E-state index in [0.717, 1.165) is 11.3 Å². The monoisotopic (exact) mass is 562 g/mol. The fourth-order valence-electron chi connectivity index (χ4n) is 3.21. The summed E-state index contributed by atoms with van der Waals surface area (Å²) in [7, 11) is 3.44. The van der Waals surface area contributed by atoms with Gasteiger partial charge in [0.25, 0.3) is 0 Å². The molecule has 0 radical (unpaired) electrons. The second-order valence-corrected chi connectivity index (χ2v) is 9.91. The van der Waals surface area contributed by atoms with Crippen LogP contribution in [0.25, 0.3) is 0 Å². The third-order valence-electron chi connectivity index (χ3n) is 4.72. The molecule has 0 atom stereocenters. The zero-order valence-corrected chi connectivity index (χ0v) is 22.6. The van der Waals surface area contributed by atoms with Crippen LogP contribution >= 0.6 is 24.0 Å². The van der Waals surface area contributed by atoms with E-state index in [9.17, 15) is 8.42 Å². The van der Waals surface area contributed by atoms with Gasteiger partial charge in [0.1, 0.15) is 0 Å².